The molecule has 2 unspecified atom stereocenters. The number of carbonyl (C=O) groups is 2. The fraction of sp³-hybridized carbons (Fsp3) is 0.778. The van der Waals surface area contributed by atoms with Crippen molar-refractivity contribution in [2.75, 3.05) is 0 Å². The van der Waals surface area contributed by atoms with E-state index in [9.17, 15) is 14.7 Å². The molecule has 0 bridgehead atoms. The van der Waals surface area contributed by atoms with Crippen LogP contribution in [0.3, 0.4) is 0 Å². The maximum Gasteiger partial charge on any atom is 1.00 e. The van der Waals surface area contributed by atoms with Crippen LogP contribution in [0, 0.1) is 11.8 Å². The standard InChI is InChI=1S/C9H14O3.K/c1-6(10)7-4-2-3-5-8(7)9(11)12;/h7-8H,2-5H2,1H3,(H,11,12);/q;+1/p-1. The molecule has 3 nitrogen and oxygen atoms in total. The van der Waals surface area contributed by atoms with E-state index in [1.165, 1.54) is 6.92 Å². The molecule has 13 heavy (non-hydrogen) atoms. The van der Waals surface area contributed by atoms with Crippen molar-refractivity contribution in [2.24, 2.45) is 11.8 Å². The summed E-state index contributed by atoms with van der Waals surface area (Å²) < 4.78 is 0. The molecule has 0 radical (unpaired) electrons. The molecule has 0 aromatic rings. The molecule has 0 aromatic carbocycles. The second-order valence-corrected chi connectivity index (χ2v) is 3.43. The molecule has 1 aliphatic carbocycles. The summed E-state index contributed by atoms with van der Waals surface area (Å²) in [5.74, 6) is -1.89. The van der Waals surface area contributed by atoms with Crippen LogP contribution in [0.15, 0.2) is 0 Å². The van der Waals surface area contributed by atoms with Gasteiger partial charge < -0.3 is 9.90 Å². The van der Waals surface area contributed by atoms with Gasteiger partial charge in [0.2, 0.25) is 0 Å². The zero-order chi connectivity index (χ0) is 9.14. The van der Waals surface area contributed by atoms with Gasteiger partial charge in [-0.15, -0.1) is 0 Å². The van der Waals surface area contributed by atoms with Gasteiger partial charge in [-0.05, 0) is 19.8 Å². The van der Waals surface area contributed by atoms with E-state index in [0.717, 1.165) is 12.8 Å². The van der Waals surface area contributed by atoms with E-state index < -0.39 is 11.9 Å². The van der Waals surface area contributed by atoms with Crippen LogP contribution >= 0.6 is 0 Å². The van der Waals surface area contributed by atoms with Gasteiger partial charge >= 0.3 is 51.4 Å². The summed E-state index contributed by atoms with van der Waals surface area (Å²) in [5, 5.41) is 10.6. The third-order valence-corrected chi connectivity index (χ3v) is 2.59. The van der Waals surface area contributed by atoms with Crippen molar-refractivity contribution in [3.63, 3.8) is 0 Å². The summed E-state index contributed by atoms with van der Waals surface area (Å²) >= 11 is 0. The molecule has 4 heteroatoms. The maximum absolute atomic E-state index is 11.0. The molecule has 0 saturated heterocycles. The van der Waals surface area contributed by atoms with Gasteiger partial charge in [0.1, 0.15) is 5.78 Å². The van der Waals surface area contributed by atoms with Crippen molar-refractivity contribution in [3.8, 4) is 0 Å². The van der Waals surface area contributed by atoms with Crippen LogP contribution in [-0.4, -0.2) is 11.8 Å². The minimum absolute atomic E-state index is 0. The predicted molar refractivity (Wildman–Crippen MR) is 41.1 cm³/mol. The Hall–Kier alpha value is 0.776. The van der Waals surface area contributed by atoms with Crippen LogP contribution in [0.5, 0.6) is 0 Å². The molecular weight excluding hydrogens is 195 g/mol. The van der Waals surface area contributed by atoms with Crippen molar-refractivity contribution in [2.45, 2.75) is 32.6 Å². The van der Waals surface area contributed by atoms with Crippen LogP contribution in [0.4, 0.5) is 0 Å². The topological polar surface area (TPSA) is 57.2 Å². The molecule has 68 valence electrons. The average Bonchev–Trinajstić information content (AvgIpc) is 2.04. The number of Topliss-reactive ketones (excluding diaryl/α,β-unsaturated/α-hetero) is 1. The van der Waals surface area contributed by atoms with Crippen molar-refractivity contribution < 1.29 is 66.1 Å². The molecule has 0 spiro atoms. The van der Waals surface area contributed by atoms with E-state index >= 15 is 0 Å². The molecule has 1 aliphatic rings. The van der Waals surface area contributed by atoms with E-state index in [-0.39, 0.29) is 63.1 Å². The smallest absolute Gasteiger partial charge is 0.550 e. The van der Waals surface area contributed by atoms with Crippen LogP contribution in [0.25, 0.3) is 0 Å². The summed E-state index contributed by atoms with van der Waals surface area (Å²) in [4.78, 5) is 21.6. The number of carboxylic acids is 1. The van der Waals surface area contributed by atoms with Gasteiger partial charge in [0, 0.05) is 17.8 Å². The van der Waals surface area contributed by atoms with E-state index in [1.807, 2.05) is 0 Å². The molecule has 0 aliphatic heterocycles. The second kappa shape index (κ2) is 6.30. The van der Waals surface area contributed by atoms with Gasteiger partial charge in [0.05, 0.1) is 0 Å². The summed E-state index contributed by atoms with van der Waals surface area (Å²) in [6.07, 6.45) is 3.19. The quantitative estimate of drug-likeness (QED) is 0.459. The Morgan fingerprint density at radius 3 is 1.92 bits per heavy atom. The minimum Gasteiger partial charge on any atom is -0.550 e. The fourth-order valence-corrected chi connectivity index (χ4v) is 1.90. The van der Waals surface area contributed by atoms with Crippen LogP contribution in [0.2, 0.25) is 0 Å². The number of carboxylic acid groups (broad SMARTS) is 1. The van der Waals surface area contributed by atoms with Crippen molar-refractivity contribution in [3.05, 3.63) is 0 Å². The number of rotatable bonds is 2. The summed E-state index contributed by atoms with van der Waals surface area (Å²) in [6, 6.07) is 0. The zero-order valence-electron chi connectivity index (χ0n) is 8.21. The van der Waals surface area contributed by atoms with E-state index in [2.05, 4.69) is 0 Å². The molecule has 1 saturated carbocycles. The normalized spacial score (nSPS) is 27.5. The zero-order valence-corrected chi connectivity index (χ0v) is 11.3. The van der Waals surface area contributed by atoms with Crippen LogP contribution < -0.4 is 56.5 Å². The van der Waals surface area contributed by atoms with Crippen LogP contribution in [-0.2, 0) is 9.59 Å². The molecule has 0 aromatic heterocycles. The van der Waals surface area contributed by atoms with Crippen molar-refractivity contribution >= 4 is 11.8 Å². The molecule has 2 atom stereocenters. The molecule has 0 N–H and O–H groups in total. The maximum atomic E-state index is 11.0. The monoisotopic (exact) mass is 208 g/mol. The molecular formula is C9H13KO3. The molecule has 0 heterocycles. The van der Waals surface area contributed by atoms with E-state index in [1.54, 1.807) is 0 Å². The summed E-state index contributed by atoms with van der Waals surface area (Å²) in [7, 11) is 0. The van der Waals surface area contributed by atoms with Gasteiger partial charge in [0.15, 0.2) is 0 Å². The number of ketones is 1. The first-order valence-electron chi connectivity index (χ1n) is 4.34. The van der Waals surface area contributed by atoms with Gasteiger partial charge in [-0.1, -0.05) is 12.8 Å². The van der Waals surface area contributed by atoms with Crippen molar-refractivity contribution in [1.82, 2.24) is 0 Å². The largest absolute Gasteiger partial charge is 1.00 e. The van der Waals surface area contributed by atoms with Gasteiger partial charge in [-0.3, -0.25) is 4.79 Å². The number of hydrogen-bond acceptors (Lipinski definition) is 3. The van der Waals surface area contributed by atoms with Crippen LogP contribution in [0.1, 0.15) is 32.6 Å². The molecule has 1 fully saturated rings. The Bertz CT molecular complexity index is 181. The number of hydrogen-bond donors (Lipinski definition) is 0. The number of carbonyl (C=O) groups excluding carboxylic acids is 2. The van der Waals surface area contributed by atoms with Crippen molar-refractivity contribution in [1.29, 1.82) is 0 Å². The summed E-state index contributed by atoms with van der Waals surface area (Å²) in [6.45, 7) is 1.46. The Kier molecular flexibility index (Phi) is 6.67. The number of aliphatic carboxylic acids is 1. The van der Waals surface area contributed by atoms with E-state index in [4.69, 9.17) is 0 Å². The fourth-order valence-electron chi connectivity index (χ4n) is 1.90. The Morgan fingerprint density at radius 1 is 1.15 bits per heavy atom. The predicted octanol–water partition coefficient (Wildman–Crippen LogP) is -2.86. The second-order valence-electron chi connectivity index (χ2n) is 3.43. The summed E-state index contributed by atoms with van der Waals surface area (Å²) in [5.41, 5.74) is 0. The third kappa shape index (κ3) is 3.79. The average molecular weight is 208 g/mol. The SMILES string of the molecule is CC(=O)C1CCCCC1C(=O)[O-].[K+]. The Labute approximate surface area is 121 Å². The first-order chi connectivity index (χ1) is 5.63. The first kappa shape index (κ1) is 13.8. The third-order valence-electron chi connectivity index (χ3n) is 2.59. The van der Waals surface area contributed by atoms with Gasteiger partial charge in [-0.25, -0.2) is 0 Å². The Balaban J connectivity index is 0.00000144. The van der Waals surface area contributed by atoms with Gasteiger partial charge in [0.25, 0.3) is 0 Å². The minimum atomic E-state index is -1.06. The molecule has 0 amide bonds. The Morgan fingerprint density at radius 2 is 1.62 bits per heavy atom. The van der Waals surface area contributed by atoms with E-state index in [0.29, 0.717) is 12.8 Å². The molecule has 1 rings (SSSR count). The first-order valence-corrected chi connectivity index (χ1v) is 4.34. The van der Waals surface area contributed by atoms with Gasteiger partial charge in [-0.2, -0.15) is 0 Å².